The molecule has 0 spiro atoms. The van der Waals surface area contributed by atoms with Crippen LogP contribution in [-0.4, -0.2) is 37.5 Å². The van der Waals surface area contributed by atoms with Crippen molar-refractivity contribution in [2.75, 3.05) is 19.8 Å². The number of hydrogen-bond acceptors (Lipinski definition) is 5. The van der Waals surface area contributed by atoms with E-state index in [0.717, 1.165) is 10.0 Å². The number of carbonyl (C=O) groups is 2. The van der Waals surface area contributed by atoms with Gasteiger partial charge < -0.3 is 19.5 Å². The second-order valence-electron chi connectivity index (χ2n) is 6.07. The average Bonchev–Trinajstić information content (AvgIpc) is 2.45. The fourth-order valence-corrected chi connectivity index (χ4v) is 2.09. The zero-order chi connectivity index (χ0) is 18.2. The van der Waals surface area contributed by atoms with Crippen molar-refractivity contribution >= 4 is 28.0 Å². The number of amides is 1. The third-order valence-electron chi connectivity index (χ3n) is 2.77. The van der Waals surface area contributed by atoms with Gasteiger partial charge in [-0.15, -0.1) is 0 Å². The second-order valence-corrected chi connectivity index (χ2v) is 6.99. The number of carbonyl (C=O) groups excluding carboxylic acids is 2. The maximum absolute atomic E-state index is 12.0. The zero-order valence-corrected chi connectivity index (χ0v) is 16.0. The van der Waals surface area contributed by atoms with Crippen LogP contribution in [0.25, 0.3) is 0 Å². The molecule has 0 aliphatic rings. The van der Waals surface area contributed by atoms with Gasteiger partial charge in [-0.1, -0.05) is 28.1 Å². The van der Waals surface area contributed by atoms with Crippen LogP contribution in [0.2, 0.25) is 0 Å². The SMILES string of the molecule is CCOC(=O)COC[C@H](NC(=O)OC(C)(C)C)c1ccc(Br)cc1. The fraction of sp³-hybridized carbons (Fsp3) is 0.529. The van der Waals surface area contributed by atoms with E-state index in [1.807, 2.05) is 24.3 Å². The summed E-state index contributed by atoms with van der Waals surface area (Å²) in [5, 5.41) is 2.76. The van der Waals surface area contributed by atoms with Gasteiger partial charge in [-0.3, -0.25) is 0 Å². The normalized spacial score (nSPS) is 12.4. The summed E-state index contributed by atoms with van der Waals surface area (Å²) in [6.45, 7) is 7.35. The molecule has 0 saturated carbocycles. The van der Waals surface area contributed by atoms with E-state index in [9.17, 15) is 9.59 Å². The highest BCUT2D eigenvalue weighted by Crippen LogP contribution is 2.18. The minimum absolute atomic E-state index is 0.125. The van der Waals surface area contributed by atoms with Crippen molar-refractivity contribution in [1.82, 2.24) is 5.32 Å². The first-order chi connectivity index (χ1) is 11.2. The zero-order valence-electron chi connectivity index (χ0n) is 14.4. The molecule has 1 atom stereocenters. The number of esters is 1. The van der Waals surface area contributed by atoms with Crippen molar-refractivity contribution in [3.8, 4) is 0 Å². The molecule has 6 nitrogen and oxygen atoms in total. The van der Waals surface area contributed by atoms with Gasteiger partial charge in [-0.25, -0.2) is 9.59 Å². The van der Waals surface area contributed by atoms with E-state index in [1.54, 1.807) is 27.7 Å². The Morgan fingerprint density at radius 3 is 2.38 bits per heavy atom. The maximum Gasteiger partial charge on any atom is 0.408 e. The van der Waals surface area contributed by atoms with Gasteiger partial charge >= 0.3 is 12.1 Å². The molecule has 1 amide bonds. The lowest BCUT2D eigenvalue weighted by molar-refractivity contribution is -0.148. The molecule has 0 aromatic heterocycles. The molecule has 0 heterocycles. The van der Waals surface area contributed by atoms with Gasteiger partial charge in [-0.2, -0.15) is 0 Å². The summed E-state index contributed by atoms with van der Waals surface area (Å²) in [5.41, 5.74) is 0.244. The van der Waals surface area contributed by atoms with Crippen molar-refractivity contribution in [2.24, 2.45) is 0 Å². The predicted octanol–water partition coefficient (Wildman–Crippen LogP) is 3.59. The molecule has 24 heavy (non-hydrogen) atoms. The van der Waals surface area contributed by atoms with Crippen LogP contribution < -0.4 is 5.32 Å². The lowest BCUT2D eigenvalue weighted by Crippen LogP contribution is -2.37. The molecule has 7 heteroatoms. The van der Waals surface area contributed by atoms with Gasteiger partial charge in [0.15, 0.2) is 0 Å². The number of nitrogens with one attached hydrogen (secondary N) is 1. The molecular formula is C17H24BrNO5. The van der Waals surface area contributed by atoms with Crippen molar-refractivity contribution in [2.45, 2.75) is 39.3 Å². The lowest BCUT2D eigenvalue weighted by atomic mass is 10.1. The Labute approximate surface area is 151 Å². The Hall–Kier alpha value is -1.60. The highest BCUT2D eigenvalue weighted by Gasteiger charge is 2.21. The molecule has 0 radical (unpaired) electrons. The Morgan fingerprint density at radius 2 is 1.83 bits per heavy atom. The van der Waals surface area contributed by atoms with E-state index in [-0.39, 0.29) is 13.2 Å². The first-order valence-corrected chi connectivity index (χ1v) is 8.49. The van der Waals surface area contributed by atoms with E-state index >= 15 is 0 Å². The molecule has 1 N–H and O–H groups in total. The van der Waals surface area contributed by atoms with Crippen LogP contribution in [-0.2, 0) is 19.0 Å². The number of ether oxygens (including phenoxy) is 3. The smallest absolute Gasteiger partial charge is 0.408 e. The van der Waals surface area contributed by atoms with Crippen molar-refractivity contribution in [3.05, 3.63) is 34.3 Å². The Bertz CT molecular complexity index is 539. The van der Waals surface area contributed by atoms with E-state index in [1.165, 1.54) is 0 Å². The van der Waals surface area contributed by atoms with Gasteiger partial charge in [0.25, 0.3) is 0 Å². The standard InChI is InChI=1S/C17H24BrNO5/c1-5-23-15(20)11-22-10-14(12-6-8-13(18)9-7-12)19-16(21)24-17(2,3)4/h6-9,14H,5,10-11H2,1-4H3,(H,19,21)/t14-/m0/s1. The summed E-state index contributed by atoms with van der Waals surface area (Å²) in [6.07, 6.45) is -0.546. The summed E-state index contributed by atoms with van der Waals surface area (Å²) < 4.78 is 16.4. The summed E-state index contributed by atoms with van der Waals surface area (Å²) >= 11 is 3.37. The van der Waals surface area contributed by atoms with Crippen LogP contribution in [0.5, 0.6) is 0 Å². The van der Waals surface area contributed by atoms with Gasteiger partial charge in [0, 0.05) is 4.47 Å². The van der Waals surface area contributed by atoms with Crippen LogP contribution in [0.15, 0.2) is 28.7 Å². The molecule has 134 valence electrons. The molecule has 0 fully saturated rings. The Kier molecular flexibility index (Phi) is 8.21. The van der Waals surface area contributed by atoms with E-state index in [0.29, 0.717) is 6.61 Å². The minimum atomic E-state index is -0.597. The van der Waals surface area contributed by atoms with Crippen LogP contribution >= 0.6 is 15.9 Å². The van der Waals surface area contributed by atoms with Crippen LogP contribution in [0.1, 0.15) is 39.3 Å². The van der Waals surface area contributed by atoms with Crippen LogP contribution in [0, 0.1) is 0 Å². The summed E-state index contributed by atoms with van der Waals surface area (Å²) in [4.78, 5) is 23.4. The fourth-order valence-electron chi connectivity index (χ4n) is 1.83. The second kappa shape index (κ2) is 9.64. The highest BCUT2D eigenvalue weighted by atomic mass is 79.9. The van der Waals surface area contributed by atoms with Crippen molar-refractivity contribution in [3.63, 3.8) is 0 Å². The van der Waals surface area contributed by atoms with E-state index in [4.69, 9.17) is 14.2 Å². The number of rotatable bonds is 7. The van der Waals surface area contributed by atoms with Crippen LogP contribution in [0.4, 0.5) is 4.79 Å². The minimum Gasteiger partial charge on any atom is -0.464 e. The monoisotopic (exact) mass is 401 g/mol. The quantitative estimate of drug-likeness (QED) is 0.706. The van der Waals surface area contributed by atoms with Gasteiger partial charge in [-0.05, 0) is 45.4 Å². The number of alkyl carbamates (subject to hydrolysis) is 1. The van der Waals surface area contributed by atoms with Gasteiger partial charge in [0.05, 0.1) is 19.3 Å². The topological polar surface area (TPSA) is 73.9 Å². The third kappa shape index (κ3) is 8.31. The maximum atomic E-state index is 12.0. The number of halogens is 1. The highest BCUT2D eigenvalue weighted by molar-refractivity contribution is 9.10. The number of hydrogen-bond donors (Lipinski definition) is 1. The molecule has 1 aromatic rings. The molecule has 0 saturated heterocycles. The van der Waals surface area contributed by atoms with E-state index in [2.05, 4.69) is 21.2 Å². The lowest BCUT2D eigenvalue weighted by Gasteiger charge is -2.24. The van der Waals surface area contributed by atoms with Crippen molar-refractivity contribution < 1.29 is 23.8 Å². The summed E-state index contributed by atoms with van der Waals surface area (Å²) in [7, 11) is 0. The first-order valence-electron chi connectivity index (χ1n) is 7.69. The Morgan fingerprint density at radius 1 is 1.21 bits per heavy atom. The van der Waals surface area contributed by atoms with E-state index < -0.39 is 23.7 Å². The van der Waals surface area contributed by atoms with Crippen LogP contribution in [0.3, 0.4) is 0 Å². The average molecular weight is 402 g/mol. The Balaban J connectivity index is 2.70. The molecule has 0 bridgehead atoms. The largest absolute Gasteiger partial charge is 0.464 e. The molecule has 1 aromatic carbocycles. The molecule has 0 unspecified atom stereocenters. The van der Waals surface area contributed by atoms with Crippen molar-refractivity contribution in [1.29, 1.82) is 0 Å². The van der Waals surface area contributed by atoms with Gasteiger partial charge in [0.1, 0.15) is 12.2 Å². The molecule has 0 aliphatic heterocycles. The predicted molar refractivity (Wildman–Crippen MR) is 93.7 cm³/mol. The van der Waals surface area contributed by atoms with Gasteiger partial charge in [0.2, 0.25) is 0 Å². The third-order valence-corrected chi connectivity index (χ3v) is 3.30. The molecule has 1 rings (SSSR count). The number of benzene rings is 1. The first kappa shape index (κ1) is 20.4. The summed E-state index contributed by atoms with van der Waals surface area (Å²) in [5.74, 6) is -0.440. The summed E-state index contributed by atoms with van der Waals surface area (Å²) in [6, 6.07) is 7.01. The molecular weight excluding hydrogens is 378 g/mol. The molecule has 0 aliphatic carbocycles.